The summed E-state index contributed by atoms with van der Waals surface area (Å²) in [5.74, 6) is -0.0223. The van der Waals surface area contributed by atoms with E-state index in [0.29, 0.717) is 17.5 Å². The molecule has 1 aromatic heterocycles. The summed E-state index contributed by atoms with van der Waals surface area (Å²) >= 11 is 1.28. The lowest BCUT2D eigenvalue weighted by Crippen LogP contribution is -2.25. The molecule has 0 aliphatic heterocycles. The van der Waals surface area contributed by atoms with Crippen LogP contribution in [0.1, 0.15) is 13.3 Å². The zero-order valence-corrected chi connectivity index (χ0v) is 8.91. The van der Waals surface area contributed by atoms with Crippen molar-refractivity contribution < 1.29 is 4.79 Å². The van der Waals surface area contributed by atoms with Crippen LogP contribution < -0.4 is 11.5 Å². The number of hydrogen-bond donors (Lipinski definition) is 2. The first-order valence-corrected chi connectivity index (χ1v) is 5.05. The Morgan fingerprint density at radius 1 is 1.64 bits per heavy atom. The Morgan fingerprint density at radius 2 is 2.29 bits per heavy atom. The summed E-state index contributed by atoms with van der Waals surface area (Å²) in [5, 5.41) is 7.83. The third-order valence-corrected chi connectivity index (χ3v) is 3.22. The van der Waals surface area contributed by atoms with Gasteiger partial charge in [0.05, 0.1) is 5.25 Å². The van der Waals surface area contributed by atoms with Crippen LogP contribution in [-0.4, -0.2) is 25.9 Å². The third-order valence-electron chi connectivity index (χ3n) is 1.80. The van der Waals surface area contributed by atoms with Gasteiger partial charge in [-0.2, -0.15) is 0 Å². The molecule has 0 aliphatic rings. The molecular formula is C7H13N5OS. The summed E-state index contributed by atoms with van der Waals surface area (Å²) in [6, 6.07) is 0. The molecule has 14 heavy (non-hydrogen) atoms. The molecule has 0 bridgehead atoms. The molecule has 0 aliphatic carbocycles. The normalized spacial score (nSPS) is 12.7. The first-order chi connectivity index (χ1) is 6.56. The molecule has 0 saturated heterocycles. The molecule has 1 unspecified atom stereocenters. The maximum Gasteiger partial charge on any atom is 0.231 e. The third kappa shape index (κ3) is 2.16. The van der Waals surface area contributed by atoms with Gasteiger partial charge in [0.15, 0.2) is 5.16 Å². The maximum absolute atomic E-state index is 11.0. The SMILES string of the molecule is CCC(Sc1nnc(N)n1C)C(N)=O. The lowest BCUT2D eigenvalue weighted by atomic mass is 10.3. The molecule has 4 N–H and O–H groups in total. The molecule has 0 fully saturated rings. The molecule has 78 valence electrons. The monoisotopic (exact) mass is 215 g/mol. The van der Waals surface area contributed by atoms with Crippen LogP contribution in [0.2, 0.25) is 0 Å². The number of aromatic nitrogens is 3. The number of carbonyl (C=O) groups excluding carboxylic acids is 1. The van der Waals surface area contributed by atoms with Crippen molar-refractivity contribution in [2.75, 3.05) is 5.73 Å². The minimum Gasteiger partial charge on any atom is -0.369 e. The average molecular weight is 215 g/mol. The second kappa shape index (κ2) is 4.32. The van der Waals surface area contributed by atoms with E-state index >= 15 is 0 Å². The standard InChI is InChI=1S/C7H13N5OS/c1-3-4(5(8)13)14-7-11-10-6(9)12(7)2/h4H,3H2,1-2H3,(H2,8,13)(H2,9,10). The number of rotatable bonds is 4. The van der Waals surface area contributed by atoms with Crippen molar-refractivity contribution in [3.8, 4) is 0 Å². The number of nitrogens with zero attached hydrogens (tertiary/aromatic N) is 3. The number of anilines is 1. The smallest absolute Gasteiger partial charge is 0.231 e. The highest BCUT2D eigenvalue weighted by Gasteiger charge is 2.18. The zero-order valence-electron chi connectivity index (χ0n) is 8.10. The summed E-state index contributed by atoms with van der Waals surface area (Å²) in [6.07, 6.45) is 0.659. The van der Waals surface area contributed by atoms with E-state index in [4.69, 9.17) is 11.5 Å². The summed E-state index contributed by atoms with van der Waals surface area (Å²) in [5.41, 5.74) is 10.7. The Balaban J connectivity index is 2.77. The Labute approximate surface area is 86.0 Å². The predicted molar refractivity (Wildman–Crippen MR) is 54.5 cm³/mol. The highest BCUT2D eigenvalue weighted by molar-refractivity contribution is 8.00. The van der Waals surface area contributed by atoms with E-state index < -0.39 is 0 Å². The van der Waals surface area contributed by atoms with Gasteiger partial charge in [-0.1, -0.05) is 18.7 Å². The summed E-state index contributed by atoms with van der Waals surface area (Å²) in [7, 11) is 1.74. The van der Waals surface area contributed by atoms with E-state index in [1.54, 1.807) is 11.6 Å². The van der Waals surface area contributed by atoms with Crippen LogP contribution in [0, 0.1) is 0 Å². The molecule has 1 aromatic rings. The minimum absolute atomic E-state index is 0.280. The zero-order chi connectivity index (χ0) is 10.7. The Kier molecular flexibility index (Phi) is 3.34. The summed E-state index contributed by atoms with van der Waals surface area (Å²) in [6.45, 7) is 1.89. The average Bonchev–Trinajstić information content (AvgIpc) is 2.44. The van der Waals surface area contributed by atoms with Crippen LogP contribution >= 0.6 is 11.8 Å². The quantitative estimate of drug-likeness (QED) is 0.675. The van der Waals surface area contributed by atoms with E-state index in [1.807, 2.05) is 6.92 Å². The topological polar surface area (TPSA) is 99.8 Å². The Hall–Kier alpha value is -1.24. The number of carbonyl (C=O) groups is 1. The van der Waals surface area contributed by atoms with Gasteiger partial charge in [0.1, 0.15) is 0 Å². The van der Waals surface area contributed by atoms with Gasteiger partial charge in [-0.3, -0.25) is 9.36 Å². The molecule has 0 spiro atoms. The molecular weight excluding hydrogens is 202 g/mol. The van der Waals surface area contributed by atoms with Gasteiger partial charge in [0.2, 0.25) is 11.9 Å². The number of primary amides is 1. The number of nitrogens with two attached hydrogens (primary N) is 2. The minimum atomic E-state index is -0.348. The fraction of sp³-hybridized carbons (Fsp3) is 0.571. The number of nitrogen functional groups attached to an aromatic ring is 1. The molecule has 0 aromatic carbocycles. The fourth-order valence-corrected chi connectivity index (χ4v) is 1.78. The van der Waals surface area contributed by atoms with E-state index in [1.165, 1.54) is 11.8 Å². The van der Waals surface area contributed by atoms with E-state index in [-0.39, 0.29) is 11.2 Å². The Bertz CT molecular complexity index is 337. The van der Waals surface area contributed by atoms with Gasteiger partial charge < -0.3 is 11.5 Å². The van der Waals surface area contributed by atoms with Gasteiger partial charge in [-0.15, -0.1) is 10.2 Å². The van der Waals surface area contributed by atoms with Crippen molar-refractivity contribution >= 4 is 23.6 Å². The summed E-state index contributed by atoms with van der Waals surface area (Å²) < 4.78 is 1.62. The van der Waals surface area contributed by atoms with Crippen molar-refractivity contribution in [2.45, 2.75) is 23.8 Å². The van der Waals surface area contributed by atoms with Crippen molar-refractivity contribution in [1.29, 1.82) is 0 Å². The largest absolute Gasteiger partial charge is 0.369 e. The van der Waals surface area contributed by atoms with Gasteiger partial charge >= 0.3 is 0 Å². The molecule has 6 nitrogen and oxygen atoms in total. The van der Waals surface area contributed by atoms with E-state index in [9.17, 15) is 4.79 Å². The van der Waals surface area contributed by atoms with Crippen LogP contribution in [-0.2, 0) is 11.8 Å². The van der Waals surface area contributed by atoms with Crippen LogP contribution in [0.15, 0.2) is 5.16 Å². The number of hydrogen-bond acceptors (Lipinski definition) is 5. The molecule has 1 amide bonds. The lowest BCUT2D eigenvalue weighted by molar-refractivity contribution is -0.117. The number of thioether (sulfide) groups is 1. The predicted octanol–water partition coefficient (Wildman–Crippen LogP) is -0.247. The van der Waals surface area contributed by atoms with Crippen molar-refractivity contribution in [3.05, 3.63) is 0 Å². The molecule has 7 heteroatoms. The first-order valence-electron chi connectivity index (χ1n) is 4.17. The molecule has 0 saturated carbocycles. The van der Waals surface area contributed by atoms with Crippen molar-refractivity contribution in [2.24, 2.45) is 12.8 Å². The van der Waals surface area contributed by atoms with Gasteiger partial charge in [-0.05, 0) is 6.42 Å². The second-order valence-corrected chi connectivity index (χ2v) is 3.99. The van der Waals surface area contributed by atoms with E-state index in [2.05, 4.69) is 10.2 Å². The van der Waals surface area contributed by atoms with Crippen LogP contribution in [0.3, 0.4) is 0 Å². The van der Waals surface area contributed by atoms with Gasteiger partial charge in [0, 0.05) is 7.05 Å². The van der Waals surface area contributed by atoms with Crippen LogP contribution in [0.5, 0.6) is 0 Å². The van der Waals surface area contributed by atoms with Crippen LogP contribution in [0.25, 0.3) is 0 Å². The highest BCUT2D eigenvalue weighted by atomic mass is 32.2. The number of amides is 1. The highest BCUT2D eigenvalue weighted by Crippen LogP contribution is 2.23. The fourth-order valence-electron chi connectivity index (χ4n) is 0.899. The van der Waals surface area contributed by atoms with Crippen LogP contribution in [0.4, 0.5) is 5.95 Å². The van der Waals surface area contributed by atoms with Crippen molar-refractivity contribution in [1.82, 2.24) is 14.8 Å². The summed E-state index contributed by atoms with van der Waals surface area (Å²) in [4.78, 5) is 11.0. The lowest BCUT2D eigenvalue weighted by Gasteiger charge is -2.08. The van der Waals surface area contributed by atoms with Crippen molar-refractivity contribution in [3.63, 3.8) is 0 Å². The first kappa shape index (κ1) is 10.8. The van der Waals surface area contributed by atoms with E-state index in [0.717, 1.165) is 0 Å². The maximum atomic E-state index is 11.0. The Morgan fingerprint density at radius 3 is 2.64 bits per heavy atom. The molecule has 1 heterocycles. The molecule has 1 rings (SSSR count). The van der Waals surface area contributed by atoms with Gasteiger partial charge in [0.25, 0.3) is 0 Å². The van der Waals surface area contributed by atoms with Gasteiger partial charge in [-0.25, -0.2) is 0 Å². The molecule has 1 atom stereocenters. The second-order valence-electron chi connectivity index (χ2n) is 2.82. The molecule has 0 radical (unpaired) electrons.